The van der Waals surface area contributed by atoms with Crippen LogP contribution in [0.5, 0.6) is 0 Å². The molecule has 24 heavy (non-hydrogen) atoms. The van der Waals surface area contributed by atoms with Gasteiger partial charge in [0.1, 0.15) is 11.6 Å². The predicted octanol–water partition coefficient (Wildman–Crippen LogP) is 1.60. The van der Waals surface area contributed by atoms with Crippen molar-refractivity contribution in [1.82, 2.24) is 20.1 Å². The van der Waals surface area contributed by atoms with Crippen molar-refractivity contribution >= 4 is 23.3 Å². The average molecular weight is 328 g/mol. The number of nitrogens with one attached hydrogen (secondary N) is 3. The number of rotatable bonds is 5. The molecule has 0 bridgehead atoms. The molecule has 2 heterocycles. The van der Waals surface area contributed by atoms with Crippen molar-refractivity contribution in [1.29, 1.82) is 0 Å². The number of hydrogen-bond acceptors (Lipinski definition) is 4. The van der Waals surface area contributed by atoms with E-state index >= 15 is 0 Å². The molecule has 0 fully saturated rings. The van der Waals surface area contributed by atoms with Gasteiger partial charge in [-0.05, 0) is 44.0 Å². The summed E-state index contributed by atoms with van der Waals surface area (Å²) >= 11 is 0. The summed E-state index contributed by atoms with van der Waals surface area (Å²) in [4.78, 5) is 27.5. The molecular formula is C16H20N6O2. The Bertz CT molecular complexity index is 783. The van der Waals surface area contributed by atoms with Gasteiger partial charge in [-0.2, -0.15) is 5.10 Å². The van der Waals surface area contributed by atoms with Gasteiger partial charge in [0.05, 0.1) is 6.42 Å². The zero-order valence-electron chi connectivity index (χ0n) is 13.7. The Morgan fingerprint density at radius 2 is 2.21 bits per heavy atom. The fourth-order valence-electron chi connectivity index (χ4n) is 2.69. The molecular weight excluding hydrogens is 308 g/mol. The van der Waals surface area contributed by atoms with Crippen LogP contribution in [0.1, 0.15) is 23.6 Å². The number of benzene rings is 1. The molecule has 0 aliphatic carbocycles. The van der Waals surface area contributed by atoms with Gasteiger partial charge in [0.25, 0.3) is 0 Å². The van der Waals surface area contributed by atoms with Crippen LogP contribution in [-0.2, 0) is 17.8 Å². The number of anilines is 2. The standard InChI is InChI=1S/C16H20N6O2/c1-10-18-11(2)22(21-10)7-3-6-17-16(24)19-13-4-5-14-12(8-13)9-15(23)20-14/h4-5,8H,3,6-7,9H2,1-2H3,(H,20,23)(H2,17,19,24). The molecule has 2 aromatic rings. The third-order valence-corrected chi connectivity index (χ3v) is 3.78. The number of amides is 3. The molecule has 0 radical (unpaired) electrons. The van der Waals surface area contributed by atoms with Crippen LogP contribution >= 0.6 is 0 Å². The van der Waals surface area contributed by atoms with Crippen molar-refractivity contribution in [3.05, 3.63) is 35.4 Å². The first-order valence-electron chi connectivity index (χ1n) is 7.87. The van der Waals surface area contributed by atoms with Gasteiger partial charge in [0, 0.05) is 24.5 Å². The molecule has 0 saturated heterocycles. The van der Waals surface area contributed by atoms with Gasteiger partial charge in [0.2, 0.25) is 5.91 Å². The first-order valence-corrected chi connectivity index (χ1v) is 7.87. The summed E-state index contributed by atoms with van der Waals surface area (Å²) in [5.41, 5.74) is 2.38. The van der Waals surface area contributed by atoms with E-state index < -0.39 is 0 Å². The van der Waals surface area contributed by atoms with Crippen LogP contribution in [0.4, 0.5) is 16.2 Å². The van der Waals surface area contributed by atoms with Crippen molar-refractivity contribution in [2.24, 2.45) is 0 Å². The minimum atomic E-state index is -0.265. The van der Waals surface area contributed by atoms with Gasteiger partial charge < -0.3 is 16.0 Å². The lowest BCUT2D eigenvalue weighted by Gasteiger charge is -2.09. The maximum atomic E-state index is 11.9. The van der Waals surface area contributed by atoms with E-state index in [2.05, 4.69) is 26.0 Å². The van der Waals surface area contributed by atoms with E-state index in [0.717, 1.165) is 29.3 Å². The summed E-state index contributed by atoms with van der Waals surface area (Å²) in [6.07, 6.45) is 1.11. The topological polar surface area (TPSA) is 101 Å². The van der Waals surface area contributed by atoms with E-state index in [4.69, 9.17) is 0 Å². The van der Waals surface area contributed by atoms with Gasteiger partial charge in [-0.15, -0.1) is 0 Å². The lowest BCUT2D eigenvalue weighted by atomic mass is 10.1. The van der Waals surface area contributed by atoms with Crippen LogP contribution < -0.4 is 16.0 Å². The van der Waals surface area contributed by atoms with Crippen LogP contribution in [0.25, 0.3) is 0 Å². The Balaban J connectivity index is 1.44. The molecule has 0 atom stereocenters. The fourth-order valence-corrected chi connectivity index (χ4v) is 2.69. The number of hydrogen-bond donors (Lipinski definition) is 3. The van der Waals surface area contributed by atoms with Crippen LogP contribution in [-0.4, -0.2) is 33.2 Å². The van der Waals surface area contributed by atoms with Crippen molar-refractivity contribution in [3.63, 3.8) is 0 Å². The minimum Gasteiger partial charge on any atom is -0.338 e. The maximum absolute atomic E-state index is 11.9. The van der Waals surface area contributed by atoms with Crippen molar-refractivity contribution < 1.29 is 9.59 Å². The third kappa shape index (κ3) is 3.70. The molecule has 1 aromatic carbocycles. The zero-order chi connectivity index (χ0) is 17.1. The highest BCUT2D eigenvalue weighted by Gasteiger charge is 2.17. The Kier molecular flexibility index (Phi) is 4.45. The Morgan fingerprint density at radius 1 is 1.38 bits per heavy atom. The summed E-state index contributed by atoms with van der Waals surface area (Å²) in [5.74, 6) is 1.60. The van der Waals surface area contributed by atoms with E-state index in [0.29, 0.717) is 25.2 Å². The monoisotopic (exact) mass is 328 g/mol. The van der Waals surface area contributed by atoms with E-state index in [9.17, 15) is 9.59 Å². The minimum absolute atomic E-state index is 0.0229. The zero-order valence-corrected chi connectivity index (χ0v) is 13.7. The van der Waals surface area contributed by atoms with E-state index in [-0.39, 0.29) is 11.9 Å². The number of nitrogens with zero attached hydrogens (tertiary/aromatic N) is 3. The highest BCUT2D eigenvalue weighted by atomic mass is 16.2. The predicted molar refractivity (Wildman–Crippen MR) is 89.9 cm³/mol. The van der Waals surface area contributed by atoms with Gasteiger partial charge in [-0.3, -0.25) is 9.48 Å². The third-order valence-electron chi connectivity index (χ3n) is 3.78. The molecule has 1 aliphatic heterocycles. The number of carbonyl (C=O) groups is 2. The molecule has 8 heteroatoms. The van der Waals surface area contributed by atoms with Crippen molar-refractivity contribution in [2.45, 2.75) is 33.2 Å². The van der Waals surface area contributed by atoms with Crippen LogP contribution in [0.2, 0.25) is 0 Å². The molecule has 0 saturated carbocycles. The first-order chi connectivity index (χ1) is 11.5. The SMILES string of the molecule is Cc1nc(C)n(CCCNC(=O)Nc2ccc3c(c2)CC(=O)N3)n1. The molecule has 0 spiro atoms. The highest BCUT2D eigenvalue weighted by Crippen LogP contribution is 2.25. The Morgan fingerprint density at radius 3 is 2.96 bits per heavy atom. The van der Waals surface area contributed by atoms with E-state index in [1.807, 2.05) is 24.6 Å². The van der Waals surface area contributed by atoms with Crippen molar-refractivity contribution in [3.8, 4) is 0 Å². The molecule has 3 N–H and O–H groups in total. The summed E-state index contributed by atoms with van der Waals surface area (Å²) in [7, 11) is 0. The van der Waals surface area contributed by atoms with Crippen molar-refractivity contribution in [2.75, 3.05) is 17.2 Å². The van der Waals surface area contributed by atoms with Crippen LogP contribution in [0, 0.1) is 13.8 Å². The van der Waals surface area contributed by atoms with Gasteiger partial charge in [-0.25, -0.2) is 9.78 Å². The summed E-state index contributed by atoms with van der Waals surface area (Å²) in [6, 6.07) is 5.12. The second-order valence-corrected chi connectivity index (χ2v) is 5.76. The smallest absolute Gasteiger partial charge is 0.319 e. The van der Waals surface area contributed by atoms with Gasteiger partial charge in [-0.1, -0.05) is 0 Å². The Labute approximate surface area is 139 Å². The number of aromatic nitrogens is 3. The molecule has 1 aromatic heterocycles. The molecule has 126 valence electrons. The normalized spacial score (nSPS) is 12.7. The summed E-state index contributed by atoms with van der Waals surface area (Å²) in [6.45, 7) is 5.01. The average Bonchev–Trinajstić information content (AvgIpc) is 3.04. The van der Waals surface area contributed by atoms with Gasteiger partial charge in [0.15, 0.2) is 0 Å². The van der Waals surface area contributed by atoms with Crippen LogP contribution in [0.15, 0.2) is 18.2 Å². The summed E-state index contributed by atoms with van der Waals surface area (Å²) in [5, 5.41) is 12.6. The summed E-state index contributed by atoms with van der Waals surface area (Å²) < 4.78 is 1.83. The fraction of sp³-hybridized carbons (Fsp3) is 0.375. The Hall–Kier alpha value is -2.90. The lowest BCUT2D eigenvalue weighted by Crippen LogP contribution is -2.30. The largest absolute Gasteiger partial charge is 0.338 e. The quantitative estimate of drug-likeness (QED) is 0.726. The second kappa shape index (κ2) is 6.69. The van der Waals surface area contributed by atoms with Gasteiger partial charge >= 0.3 is 6.03 Å². The van der Waals surface area contributed by atoms with Crippen LogP contribution in [0.3, 0.4) is 0 Å². The molecule has 1 aliphatic rings. The molecule has 0 unspecified atom stereocenters. The molecule has 3 amide bonds. The van der Waals surface area contributed by atoms with E-state index in [1.165, 1.54) is 0 Å². The first kappa shape index (κ1) is 16.0. The molecule has 8 nitrogen and oxygen atoms in total. The highest BCUT2D eigenvalue weighted by molar-refractivity contribution is 6.00. The van der Waals surface area contributed by atoms with E-state index in [1.54, 1.807) is 12.1 Å². The number of carbonyl (C=O) groups excluding carboxylic acids is 2. The number of fused-ring (bicyclic) bond motifs is 1. The number of urea groups is 1. The number of aryl methyl sites for hydroxylation is 3. The maximum Gasteiger partial charge on any atom is 0.319 e. The second-order valence-electron chi connectivity index (χ2n) is 5.76. The lowest BCUT2D eigenvalue weighted by molar-refractivity contribution is -0.115. The molecule has 3 rings (SSSR count).